The summed E-state index contributed by atoms with van der Waals surface area (Å²) in [4.78, 5) is 2.50. The van der Waals surface area contributed by atoms with Crippen LogP contribution in [0, 0.1) is 0 Å². The number of hydrogen-bond acceptors (Lipinski definition) is 3. The molecule has 0 bridgehead atoms. The van der Waals surface area contributed by atoms with E-state index in [0.29, 0.717) is 40.1 Å². The highest BCUT2D eigenvalue weighted by Crippen LogP contribution is 2.46. The van der Waals surface area contributed by atoms with E-state index in [9.17, 15) is 5.11 Å². The predicted octanol–water partition coefficient (Wildman–Crippen LogP) is 5.75. The highest BCUT2D eigenvalue weighted by Gasteiger charge is 2.31. The summed E-state index contributed by atoms with van der Waals surface area (Å²) in [5.74, 6) is 1.29. The molecule has 2 aliphatic rings. The summed E-state index contributed by atoms with van der Waals surface area (Å²) >= 11 is 18.9. The fourth-order valence-corrected chi connectivity index (χ4v) is 5.07. The minimum absolute atomic E-state index is 0.299. The largest absolute Gasteiger partial charge is 0.508 e. The monoisotopic (exact) mass is 425 g/mol. The van der Waals surface area contributed by atoms with Crippen molar-refractivity contribution < 1.29 is 9.84 Å². The number of aromatic hydroxyl groups is 1. The molecule has 1 heterocycles. The molecule has 4 rings (SSSR count). The lowest BCUT2D eigenvalue weighted by atomic mass is 9.85. The van der Waals surface area contributed by atoms with Gasteiger partial charge in [-0.1, -0.05) is 29.3 Å². The average Bonchev–Trinajstić information content (AvgIpc) is 2.67. The Kier molecular flexibility index (Phi) is 5.75. The summed E-state index contributed by atoms with van der Waals surface area (Å²) in [6.07, 6.45) is 4.06. The molecule has 0 spiro atoms. The summed E-state index contributed by atoms with van der Waals surface area (Å²) in [5, 5.41) is 10.9. The van der Waals surface area contributed by atoms with E-state index in [1.165, 1.54) is 16.7 Å². The van der Waals surface area contributed by atoms with E-state index in [2.05, 4.69) is 4.90 Å². The standard InChI is InChI=1S/C21H22Cl3NO2/c22-7-9-27-21-18(23)11-17-16(20(21)24)2-1-3-19(17)25-8-6-13-10-15(26)5-4-14(13)12-25/h4-5,10-11,19,26H,1-3,6-9,12H2. The summed E-state index contributed by atoms with van der Waals surface area (Å²) < 4.78 is 5.69. The van der Waals surface area contributed by atoms with Crippen molar-refractivity contribution in [2.45, 2.75) is 38.3 Å². The van der Waals surface area contributed by atoms with Crippen LogP contribution in [0.2, 0.25) is 10.0 Å². The van der Waals surface area contributed by atoms with Crippen LogP contribution >= 0.6 is 34.8 Å². The van der Waals surface area contributed by atoms with Crippen LogP contribution in [0.15, 0.2) is 24.3 Å². The Morgan fingerprint density at radius 1 is 1.15 bits per heavy atom. The molecule has 1 aliphatic carbocycles. The Labute approximate surface area is 174 Å². The molecule has 144 valence electrons. The molecule has 6 heteroatoms. The highest BCUT2D eigenvalue weighted by molar-refractivity contribution is 6.37. The third-order valence-corrected chi connectivity index (χ3v) is 6.41. The molecule has 0 amide bonds. The summed E-state index contributed by atoms with van der Waals surface area (Å²) in [5.41, 5.74) is 4.89. The minimum atomic E-state index is 0.299. The van der Waals surface area contributed by atoms with Gasteiger partial charge in [-0.15, -0.1) is 11.6 Å². The number of phenols is 1. The molecule has 0 saturated heterocycles. The van der Waals surface area contributed by atoms with Crippen LogP contribution in [-0.2, 0) is 19.4 Å². The Hall–Kier alpha value is -1.13. The van der Waals surface area contributed by atoms with E-state index in [1.807, 2.05) is 18.2 Å². The lowest BCUT2D eigenvalue weighted by Gasteiger charge is -2.39. The third kappa shape index (κ3) is 3.75. The zero-order chi connectivity index (χ0) is 19.0. The van der Waals surface area contributed by atoms with Crippen molar-refractivity contribution in [3.63, 3.8) is 0 Å². The smallest absolute Gasteiger partial charge is 0.156 e. The van der Waals surface area contributed by atoms with Crippen molar-refractivity contribution in [3.05, 3.63) is 56.6 Å². The zero-order valence-corrected chi connectivity index (χ0v) is 17.2. The Morgan fingerprint density at radius 2 is 2.00 bits per heavy atom. The summed E-state index contributed by atoms with van der Waals surface area (Å²) in [7, 11) is 0. The van der Waals surface area contributed by atoms with Crippen LogP contribution in [0.1, 0.15) is 41.1 Å². The minimum Gasteiger partial charge on any atom is -0.508 e. The zero-order valence-electron chi connectivity index (χ0n) is 15.0. The van der Waals surface area contributed by atoms with Gasteiger partial charge >= 0.3 is 0 Å². The molecule has 0 fully saturated rings. The number of nitrogens with zero attached hydrogens (tertiary/aromatic N) is 1. The van der Waals surface area contributed by atoms with Gasteiger partial charge in [0.2, 0.25) is 0 Å². The van der Waals surface area contributed by atoms with E-state index in [4.69, 9.17) is 39.5 Å². The second-order valence-electron chi connectivity index (χ2n) is 7.19. The molecular weight excluding hydrogens is 405 g/mol. The number of rotatable bonds is 4. The van der Waals surface area contributed by atoms with Crippen LogP contribution in [-0.4, -0.2) is 29.0 Å². The fourth-order valence-electron chi connectivity index (χ4n) is 4.32. The van der Waals surface area contributed by atoms with Gasteiger partial charge in [-0.3, -0.25) is 4.90 Å². The number of halogens is 3. The number of ether oxygens (including phenoxy) is 1. The molecule has 2 aromatic rings. The second kappa shape index (κ2) is 8.08. The average molecular weight is 427 g/mol. The number of alkyl halides is 1. The van der Waals surface area contributed by atoms with E-state index in [0.717, 1.165) is 44.3 Å². The first-order valence-electron chi connectivity index (χ1n) is 9.33. The second-order valence-corrected chi connectivity index (χ2v) is 8.35. The molecule has 1 unspecified atom stereocenters. The molecule has 0 radical (unpaired) electrons. The Bertz CT molecular complexity index is 856. The lowest BCUT2D eigenvalue weighted by Crippen LogP contribution is -2.36. The first-order chi connectivity index (χ1) is 13.1. The molecule has 3 nitrogen and oxygen atoms in total. The van der Waals surface area contributed by atoms with Gasteiger partial charge in [0.15, 0.2) is 5.75 Å². The van der Waals surface area contributed by atoms with Crippen molar-refractivity contribution >= 4 is 34.8 Å². The molecular formula is C21H22Cl3NO2. The quantitative estimate of drug-likeness (QED) is 0.632. The Balaban J connectivity index is 1.65. The van der Waals surface area contributed by atoms with Crippen molar-refractivity contribution in [2.24, 2.45) is 0 Å². The van der Waals surface area contributed by atoms with Crippen LogP contribution in [0.3, 0.4) is 0 Å². The van der Waals surface area contributed by atoms with Gasteiger partial charge in [-0.2, -0.15) is 0 Å². The first-order valence-corrected chi connectivity index (χ1v) is 10.6. The summed E-state index contributed by atoms with van der Waals surface area (Å²) in [6, 6.07) is 8.01. The van der Waals surface area contributed by atoms with E-state index in [1.54, 1.807) is 6.07 Å². The predicted molar refractivity (Wildman–Crippen MR) is 111 cm³/mol. The van der Waals surface area contributed by atoms with Crippen LogP contribution in [0.5, 0.6) is 11.5 Å². The van der Waals surface area contributed by atoms with Crippen molar-refractivity contribution in [2.75, 3.05) is 19.0 Å². The first kappa shape index (κ1) is 19.2. The number of fused-ring (bicyclic) bond motifs is 2. The van der Waals surface area contributed by atoms with Gasteiger partial charge in [-0.25, -0.2) is 0 Å². The number of benzene rings is 2. The van der Waals surface area contributed by atoms with Gasteiger partial charge in [0.1, 0.15) is 12.4 Å². The van der Waals surface area contributed by atoms with E-state index >= 15 is 0 Å². The van der Waals surface area contributed by atoms with Crippen LogP contribution in [0.25, 0.3) is 0 Å². The van der Waals surface area contributed by atoms with Gasteiger partial charge in [-0.05, 0) is 66.1 Å². The molecule has 1 atom stereocenters. The van der Waals surface area contributed by atoms with Crippen LogP contribution in [0.4, 0.5) is 0 Å². The van der Waals surface area contributed by atoms with Gasteiger partial charge < -0.3 is 9.84 Å². The van der Waals surface area contributed by atoms with Crippen molar-refractivity contribution in [1.29, 1.82) is 0 Å². The molecule has 1 aliphatic heterocycles. The Morgan fingerprint density at radius 3 is 2.81 bits per heavy atom. The summed E-state index contributed by atoms with van der Waals surface area (Å²) in [6.45, 7) is 2.22. The van der Waals surface area contributed by atoms with E-state index in [-0.39, 0.29) is 0 Å². The number of hydrogen-bond donors (Lipinski definition) is 1. The van der Waals surface area contributed by atoms with Crippen molar-refractivity contribution in [1.82, 2.24) is 4.90 Å². The van der Waals surface area contributed by atoms with Crippen molar-refractivity contribution in [3.8, 4) is 11.5 Å². The maximum absolute atomic E-state index is 9.72. The molecule has 27 heavy (non-hydrogen) atoms. The maximum atomic E-state index is 9.72. The lowest BCUT2D eigenvalue weighted by molar-refractivity contribution is 0.161. The molecule has 2 aromatic carbocycles. The third-order valence-electron chi connectivity index (χ3n) is 5.57. The molecule has 0 saturated carbocycles. The topological polar surface area (TPSA) is 32.7 Å². The fraction of sp³-hybridized carbons (Fsp3) is 0.429. The molecule has 0 aromatic heterocycles. The highest BCUT2D eigenvalue weighted by atomic mass is 35.5. The van der Waals surface area contributed by atoms with Gasteiger partial charge in [0, 0.05) is 19.1 Å². The van der Waals surface area contributed by atoms with Gasteiger partial charge in [0.25, 0.3) is 0 Å². The number of phenolic OH excluding ortho intramolecular Hbond substituents is 1. The molecule has 1 N–H and O–H groups in total. The normalized spacial score (nSPS) is 19.4. The van der Waals surface area contributed by atoms with Gasteiger partial charge in [0.05, 0.1) is 15.9 Å². The van der Waals surface area contributed by atoms with Crippen LogP contribution < -0.4 is 4.74 Å². The SMILES string of the molecule is Oc1ccc2c(c1)CCN(C1CCCc3c1cc(Cl)c(OCCCl)c3Cl)C2. The maximum Gasteiger partial charge on any atom is 0.156 e. The van der Waals surface area contributed by atoms with E-state index < -0.39 is 0 Å².